The van der Waals surface area contributed by atoms with Crippen molar-refractivity contribution in [1.29, 1.82) is 0 Å². The van der Waals surface area contributed by atoms with E-state index in [1.54, 1.807) is 38.4 Å². The quantitative estimate of drug-likeness (QED) is 0.922. The third-order valence-electron chi connectivity index (χ3n) is 3.90. The number of nitrogens with zero attached hydrogens (tertiary/aromatic N) is 1. The van der Waals surface area contributed by atoms with Crippen molar-refractivity contribution in [2.75, 3.05) is 32.6 Å². The van der Waals surface area contributed by atoms with E-state index in [4.69, 9.17) is 4.74 Å². The van der Waals surface area contributed by atoms with E-state index < -0.39 is 15.6 Å². The molecular weight excluding hydrogens is 276 g/mol. The lowest BCUT2D eigenvalue weighted by molar-refractivity contribution is -0.0319. The predicted octanol–water partition coefficient (Wildman–Crippen LogP) is 1.92. The van der Waals surface area contributed by atoms with Crippen LogP contribution in [0.2, 0.25) is 0 Å². The lowest BCUT2D eigenvalue weighted by Gasteiger charge is -2.38. The first-order valence-corrected chi connectivity index (χ1v) is 8.18. The summed E-state index contributed by atoms with van der Waals surface area (Å²) in [5.41, 5.74) is 0.500. The number of nitrogens with one attached hydrogen (secondary N) is 1. The first-order chi connectivity index (χ1) is 9.41. The molecule has 0 amide bonds. The maximum absolute atomic E-state index is 12.6. The molecule has 20 heavy (non-hydrogen) atoms. The highest BCUT2D eigenvalue weighted by molar-refractivity contribution is 7.89. The third kappa shape index (κ3) is 2.97. The molecule has 1 saturated heterocycles. The van der Waals surface area contributed by atoms with E-state index in [0.717, 1.165) is 18.5 Å². The van der Waals surface area contributed by atoms with Crippen molar-refractivity contribution in [2.24, 2.45) is 0 Å². The van der Waals surface area contributed by atoms with Crippen molar-refractivity contribution in [2.45, 2.75) is 30.3 Å². The van der Waals surface area contributed by atoms with Gasteiger partial charge in [0.2, 0.25) is 10.0 Å². The topological polar surface area (TPSA) is 58.6 Å². The van der Waals surface area contributed by atoms with Crippen molar-refractivity contribution in [3.05, 3.63) is 24.3 Å². The summed E-state index contributed by atoms with van der Waals surface area (Å²) >= 11 is 0. The summed E-state index contributed by atoms with van der Waals surface area (Å²) in [7, 11) is -0.00212. The Morgan fingerprint density at radius 3 is 2.50 bits per heavy atom. The molecule has 1 N–H and O–H groups in total. The molecule has 1 fully saturated rings. The highest BCUT2D eigenvalue weighted by atomic mass is 32.2. The molecule has 112 valence electrons. The minimum atomic E-state index is -3.44. The van der Waals surface area contributed by atoms with Crippen molar-refractivity contribution >= 4 is 15.7 Å². The van der Waals surface area contributed by atoms with E-state index in [1.165, 1.54) is 4.31 Å². The Morgan fingerprint density at radius 1 is 1.30 bits per heavy atom. The molecule has 0 spiro atoms. The molecule has 0 bridgehead atoms. The number of hydrogen-bond acceptors (Lipinski definition) is 4. The van der Waals surface area contributed by atoms with Gasteiger partial charge in [0.05, 0.1) is 10.5 Å². The fourth-order valence-corrected chi connectivity index (χ4v) is 4.07. The van der Waals surface area contributed by atoms with Crippen LogP contribution in [0.3, 0.4) is 0 Å². The normalized spacial score (nSPS) is 24.6. The van der Waals surface area contributed by atoms with Gasteiger partial charge in [-0.2, -0.15) is 4.31 Å². The second-order valence-corrected chi connectivity index (χ2v) is 7.31. The molecule has 2 rings (SSSR count). The highest BCUT2D eigenvalue weighted by Crippen LogP contribution is 2.28. The first kappa shape index (κ1) is 15.3. The number of sulfonamides is 1. The molecule has 0 radical (unpaired) electrons. The standard InChI is InChI=1S/C14H22N2O3S/c1-14(19-3)9-4-10-16(11-14)20(17,18)13-7-5-12(15-2)6-8-13/h5-8,15H,4,9-11H2,1-3H3. The summed E-state index contributed by atoms with van der Waals surface area (Å²) < 4.78 is 32.3. The summed E-state index contributed by atoms with van der Waals surface area (Å²) in [6.07, 6.45) is 1.70. The van der Waals surface area contributed by atoms with Gasteiger partial charge in [-0.1, -0.05) is 0 Å². The summed E-state index contributed by atoms with van der Waals surface area (Å²) in [6.45, 7) is 2.91. The Kier molecular flexibility index (Phi) is 4.36. The smallest absolute Gasteiger partial charge is 0.243 e. The lowest BCUT2D eigenvalue weighted by atomic mass is 9.96. The maximum atomic E-state index is 12.6. The van der Waals surface area contributed by atoms with Gasteiger partial charge >= 0.3 is 0 Å². The number of rotatable bonds is 4. The van der Waals surface area contributed by atoms with Gasteiger partial charge < -0.3 is 10.1 Å². The zero-order chi connectivity index (χ0) is 14.8. The molecule has 5 nitrogen and oxygen atoms in total. The summed E-state index contributed by atoms with van der Waals surface area (Å²) in [5, 5.41) is 2.98. The number of piperidine rings is 1. The molecule has 1 aromatic carbocycles. The van der Waals surface area contributed by atoms with Gasteiger partial charge in [0, 0.05) is 32.9 Å². The van der Waals surface area contributed by atoms with E-state index in [0.29, 0.717) is 18.0 Å². The second kappa shape index (κ2) is 5.71. The molecule has 0 aliphatic carbocycles. The molecule has 1 unspecified atom stereocenters. The van der Waals surface area contributed by atoms with Crippen LogP contribution in [0.15, 0.2) is 29.2 Å². The molecule has 1 aliphatic heterocycles. The summed E-state index contributed by atoms with van der Waals surface area (Å²) in [5.74, 6) is 0. The highest BCUT2D eigenvalue weighted by Gasteiger charge is 2.36. The third-order valence-corrected chi connectivity index (χ3v) is 5.76. The minimum Gasteiger partial charge on any atom is -0.388 e. The molecule has 1 atom stereocenters. The average molecular weight is 298 g/mol. The van der Waals surface area contributed by atoms with Gasteiger partial charge in [-0.25, -0.2) is 8.42 Å². The van der Waals surface area contributed by atoms with E-state index in [2.05, 4.69) is 5.32 Å². The molecule has 1 aromatic rings. The molecule has 0 aromatic heterocycles. The largest absolute Gasteiger partial charge is 0.388 e. The fourth-order valence-electron chi connectivity index (χ4n) is 2.47. The van der Waals surface area contributed by atoms with Crippen LogP contribution < -0.4 is 5.32 Å². The van der Waals surface area contributed by atoms with Crippen LogP contribution in [0.5, 0.6) is 0 Å². The van der Waals surface area contributed by atoms with Gasteiger partial charge in [-0.3, -0.25) is 0 Å². The van der Waals surface area contributed by atoms with Crippen LogP contribution in [-0.4, -0.2) is 45.6 Å². The van der Waals surface area contributed by atoms with Crippen LogP contribution in [0.4, 0.5) is 5.69 Å². The van der Waals surface area contributed by atoms with Crippen LogP contribution in [0, 0.1) is 0 Å². The molecular formula is C14H22N2O3S. The number of benzene rings is 1. The Morgan fingerprint density at radius 2 is 1.95 bits per heavy atom. The summed E-state index contributed by atoms with van der Waals surface area (Å²) in [6, 6.07) is 6.82. The number of ether oxygens (including phenoxy) is 1. The van der Waals surface area contributed by atoms with Crippen molar-refractivity contribution in [3.63, 3.8) is 0 Å². The Bertz CT molecular complexity index is 556. The van der Waals surface area contributed by atoms with Gasteiger partial charge in [-0.15, -0.1) is 0 Å². The Labute approximate surface area is 121 Å². The lowest BCUT2D eigenvalue weighted by Crippen LogP contribution is -2.49. The molecule has 1 aliphatic rings. The molecule has 6 heteroatoms. The minimum absolute atomic E-state index is 0.330. The van der Waals surface area contributed by atoms with E-state index in [9.17, 15) is 8.42 Å². The van der Waals surface area contributed by atoms with Gasteiger partial charge in [-0.05, 0) is 44.0 Å². The van der Waals surface area contributed by atoms with E-state index in [1.807, 2.05) is 6.92 Å². The number of hydrogen-bond donors (Lipinski definition) is 1. The van der Waals surface area contributed by atoms with Crippen molar-refractivity contribution < 1.29 is 13.2 Å². The van der Waals surface area contributed by atoms with Crippen LogP contribution in [0.25, 0.3) is 0 Å². The zero-order valence-corrected chi connectivity index (χ0v) is 13.0. The van der Waals surface area contributed by atoms with Crippen molar-refractivity contribution in [1.82, 2.24) is 4.31 Å². The maximum Gasteiger partial charge on any atom is 0.243 e. The van der Waals surface area contributed by atoms with Gasteiger partial charge in [0.1, 0.15) is 0 Å². The number of anilines is 1. The van der Waals surface area contributed by atoms with Crippen LogP contribution >= 0.6 is 0 Å². The van der Waals surface area contributed by atoms with Crippen LogP contribution in [-0.2, 0) is 14.8 Å². The molecule has 1 heterocycles. The summed E-state index contributed by atoms with van der Waals surface area (Å²) in [4.78, 5) is 0.330. The van der Waals surface area contributed by atoms with Gasteiger partial charge in [0.25, 0.3) is 0 Å². The SMILES string of the molecule is CNc1ccc(S(=O)(=O)N2CCCC(C)(OC)C2)cc1. The zero-order valence-electron chi connectivity index (χ0n) is 12.2. The van der Waals surface area contributed by atoms with E-state index in [-0.39, 0.29) is 0 Å². The molecule has 0 saturated carbocycles. The van der Waals surface area contributed by atoms with Crippen molar-refractivity contribution in [3.8, 4) is 0 Å². The Balaban J connectivity index is 2.25. The Hall–Kier alpha value is -1.11. The monoisotopic (exact) mass is 298 g/mol. The average Bonchev–Trinajstić information content (AvgIpc) is 2.47. The fraction of sp³-hybridized carbons (Fsp3) is 0.571. The predicted molar refractivity (Wildman–Crippen MR) is 79.4 cm³/mol. The van der Waals surface area contributed by atoms with Crippen LogP contribution in [0.1, 0.15) is 19.8 Å². The number of methoxy groups -OCH3 is 1. The van der Waals surface area contributed by atoms with E-state index >= 15 is 0 Å². The van der Waals surface area contributed by atoms with Gasteiger partial charge in [0.15, 0.2) is 0 Å². The second-order valence-electron chi connectivity index (χ2n) is 5.37. The first-order valence-electron chi connectivity index (χ1n) is 6.74.